The fourth-order valence-electron chi connectivity index (χ4n) is 4.43. The number of amides is 3. The zero-order valence-corrected chi connectivity index (χ0v) is 20.6. The number of sulfonamides is 1. The number of nitrogens with zero attached hydrogens (tertiary/aromatic N) is 2. The fraction of sp³-hybridized carbons (Fsp3) is 0.591. The molecule has 1 N–H and O–H groups in total. The van der Waals surface area contributed by atoms with Gasteiger partial charge in [-0.05, 0) is 55.9 Å². The number of anilines is 1. The molecule has 0 spiro atoms. The van der Waals surface area contributed by atoms with Gasteiger partial charge < -0.3 is 5.32 Å². The predicted molar refractivity (Wildman–Crippen MR) is 125 cm³/mol. The van der Waals surface area contributed by atoms with E-state index in [-0.39, 0.29) is 28.5 Å². The molecule has 2 aliphatic rings. The highest BCUT2D eigenvalue weighted by atomic mass is 32.2. The largest absolute Gasteiger partial charge is 0.324 e. The molecule has 176 valence electrons. The van der Waals surface area contributed by atoms with Crippen LogP contribution in [0.25, 0.3) is 0 Å². The molecule has 0 aromatic heterocycles. The van der Waals surface area contributed by atoms with Gasteiger partial charge >= 0.3 is 0 Å². The average molecular weight is 482 g/mol. The number of nitrogens with one attached hydrogen (secondary N) is 1. The van der Waals surface area contributed by atoms with E-state index in [1.807, 2.05) is 6.26 Å². The molecule has 1 aliphatic heterocycles. The highest BCUT2D eigenvalue weighted by Crippen LogP contribution is 2.39. The molecule has 1 saturated heterocycles. The number of hydrogen-bond acceptors (Lipinski definition) is 6. The number of aryl methyl sites for hydroxylation is 1. The van der Waals surface area contributed by atoms with Crippen LogP contribution in [0.1, 0.15) is 37.7 Å². The molecule has 0 bridgehead atoms. The lowest BCUT2D eigenvalue weighted by molar-refractivity contribution is -0.146. The van der Waals surface area contributed by atoms with Gasteiger partial charge in [-0.25, -0.2) is 12.7 Å². The van der Waals surface area contributed by atoms with E-state index in [0.717, 1.165) is 17.1 Å². The van der Waals surface area contributed by atoms with E-state index in [1.54, 1.807) is 13.0 Å². The van der Waals surface area contributed by atoms with Crippen molar-refractivity contribution in [3.63, 3.8) is 0 Å². The van der Waals surface area contributed by atoms with Crippen molar-refractivity contribution < 1.29 is 22.8 Å². The summed E-state index contributed by atoms with van der Waals surface area (Å²) in [4.78, 5) is 40.7. The third-order valence-corrected chi connectivity index (χ3v) is 8.79. The normalized spacial score (nSPS) is 22.2. The van der Waals surface area contributed by atoms with Crippen molar-refractivity contribution in [3.05, 3.63) is 23.8 Å². The minimum Gasteiger partial charge on any atom is -0.324 e. The van der Waals surface area contributed by atoms with E-state index in [0.29, 0.717) is 36.3 Å². The van der Waals surface area contributed by atoms with Gasteiger partial charge in [-0.1, -0.05) is 18.9 Å². The average Bonchev–Trinajstić information content (AvgIpc) is 3.00. The van der Waals surface area contributed by atoms with Crippen LogP contribution in [0.2, 0.25) is 0 Å². The van der Waals surface area contributed by atoms with Gasteiger partial charge in [-0.2, -0.15) is 11.8 Å². The van der Waals surface area contributed by atoms with E-state index in [4.69, 9.17) is 0 Å². The number of rotatable bonds is 8. The summed E-state index contributed by atoms with van der Waals surface area (Å²) < 4.78 is 26.1. The summed E-state index contributed by atoms with van der Waals surface area (Å²) >= 11 is 1.54. The summed E-state index contributed by atoms with van der Waals surface area (Å²) in [6, 6.07) is 3.62. The maximum absolute atomic E-state index is 13.3. The predicted octanol–water partition coefficient (Wildman–Crippen LogP) is 2.48. The second-order valence-electron chi connectivity index (χ2n) is 8.59. The highest BCUT2D eigenvalue weighted by Gasteiger charge is 2.51. The van der Waals surface area contributed by atoms with Crippen molar-refractivity contribution in [1.29, 1.82) is 0 Å². The van der Waals surface area contributed by atoms with E-state index < -0.39 is 22.0 Å². The van der Waals surface area contributed by atoms with Crippen molar-refractivity contribution in [3.8, 4) is 0 Å². The number of fused-ring (bicyclic) bond motifs is 1. The number of carbonyl (C=O) groups is 3. The minimum atomic E-state index is -3.67. The number of hydrogen-bond donors (Lipinski definition) is 1. The van der Waals surface area contributed by atoms with Crippen LogP contribution in [0.15, 0.2) is 23.1 Å². The summed E-state index contributed by atoms with van der Waals surface area (Å²) in [6.07, 6.45) is 5.46. The lowest BCUT2D eigenvalue weighted by atomic mass is 9.81. The second kappa shape index (κ2) is 9.93. The molecule has 3 rings (SSSR count). The molecule has 3 amide bonds. The van der Waals surface area contributed by atoms with Gasteiger partial charge in [-0.15, -0.1) is 0 Å². The molecule has 10 heteroatoms. The van der Waals surface area contributed by atoms with E-state index in [2.05, 4.69) is 5.32 Å². The van der Waals surface area contributed by atoms with Crippen LogP contribution in [0.5, 0.6) is 0 Å². The molecule has 1 aliphatic carbocycles. The van der Waals surface area contributed by atoms with Crippen LogP contribution < -0.4 is 5.32 Å². The lowest BCUT2D eigenvalue weighted by Gasteiger charge is -2.26. The molecular weight excluding hydrogens is 450 g/mol. The summed E-state index contributed by atoms with van der Waals surface area (Å²) in [6.45, 7) is 1.76. The van der Waals surface area contributed by atoms with E-state index >= 15 is 0 Å². The van der Waals surface area contributed by atoms with Crippen LogP contribution in [-0.2, 0) is 24.4 Å². The summed E-state index contributed by atoms with van der Waals surface area (Å²) in [7, 11) is -0.793. The van der Waals surface area contributed by atoms with Gasteiger partial charge in [0.15, 0.2) is 0 Å². The molecule has 1 heterocycles. The highest BCUT2D eigenvalue weighted by molar-refractivity contribution is 7.98. The Balaban J connectivity index is 1.89. The topological polar surface area (TPSA) is 104 Å². The molecule has 32 heavy (non-hydrogen) atoms. The standard InChI is InChI=1S/C22H31N3O5S2/c1-14-9-10-15(32(29,30)24(2)3)13-18(14)23-20(26)19(11-12-31-4)25-21(27)16-7-5-6-8-17(16)22(25)28/h9-10,13,16-17,19H,5-8,11-12H2,1-4H3,(H,23,26). The number of imide groups is 1. The Labute approximate surface area is 194 Å². The van der Waals surface area contributed by atoms with Gasteiger partial charge in [0.2, 0.25) is 27.7 Å². The number of thioether (sulfide) groups is 1. The van der Waals surface area contributed by atoms with Crippen molar-refractivity contribution in [1.82, 2.24) is 9.21 Å². The zero-order chi connectivity index (χ0) is 23.6. The van der Waals surface area contributed by atoms with Crippen LogP contribution in [-0.4, -0.2) is 67.5 Å². The number of likely N-dealkylation sites (tertiary alicyclic amines) is 1. The van der Waals surface area contributed by atoms with Crippen LogP contribution in [0.3, 0.4) is 0 Å². The number of benzene rings is 1. The van der Waals surface area contributed by atoms with Crippen LogP contribution in [0, 0.1) is 18.8 Å². The first-order valence-electron chi connectivity index (χ1n) is 10.8. The van der Waals surface area contributed by atoms with Crippen molar-refractivity contribution in [2.75, 3.05) is 31.4 Å². The molecule has 2 fully saturated rings. The van der Waals surface area contributed by atoms with Gasteiger partial charge in [0.05, 0.1) is 16.7 Å². The van der Waals surface area contributed by atoms with Crippen LogP contribution in [0.4, 0.5) is 5.69 Å². The fourth-order valence-corrected chi connectivity index (χ4v) is 5.81. The second-order valence-corrected chi connectivity index (χ2v) is 11.7. The molecule has 1 aromatic rings. The van der Waals surface area contributed by atoms with E-state index in [1.165, 1.54) is 42.9 Å². The maximum Gasteiger partial charge on any atom is 0.247 e. The molecule has 0 radical (unpaired) electrons. The van der Waals surface area contributed by atoms with Gasteiger partial charge in [-0.3, -0.25) is 19.3 Å². The van der Waals surface area contributed by atoms with Gasteiger partial charge in [0.1, 0.15) is 6.04 Å². The van der Waals surface area contributed by atoms with Crippen molar-refractivity contribution in [2.24, 2.45) is 11.8 Å². The smallest absolute Gasteiger partial charge is 0.247 e. The summed E-state index contributed by atoms with van der Waals surface area (Å²) in [5.41, 5.74) is 1.04. The summed E-state index contributed by atoms with van der Waals surface area (Å²) in [5.74, 6) is -1.00. The Hall–Kier alpha value is -1.91. The Morgan fingerprint density at radius 1 is 1.19 bits per heavy atom. The molecule has 1 saturated carbocycles. The molecule has 3 unspecified atom stereocenters. The Bertz CT molecular complexity index is 985. The molecule has 8 nitrogen and oxygen atoms in total. The molecular formula is C22H31N3O5S2. The SMILES string of the molecule is CSCCC(C(=O)Nc1cc(S(=O)(=O)N(C)C)ccc1C)N1C(=O)C2CCCCC2C1=O. The molecule has 1 aromatic carbocycles. The maximum atomic E-state index is 13.3. The third-order valence-electron chi connectivity index (χ3n) is 6.33. The summed E-state index contributed by atoms with van der Waals surface area (Å²) in [5, 5.41) is 2.79. The van der Waals surface area contributed by atoms with Crippen molar-refractivity contribution in [2.45, 2.75) is 50.0 Å². The van der Waals surface area contributed by atoms with Gasteiger partial charge in [0, 0.05) is 19.8 Å². The monoisotopic (exact) mass is 481 g/mol. The Morgan fingerprint density at radius 3 is 2.31 bits per heavy atom. The van der Waals surface area contributed by atoms with Crippen LogP contribution >= 0.6 is 11.8 Å². The molecule has 3 atom stereocenters. The third kappa shape index (κ3) is 4.72. The quantitative estimate of drug-likeness (QED) is 0.572. The van der Waals surface area contributed by atoms with Crippen molar-refractivity contribution >= 4 is 45.2 Å². The van der Waals surface area contributed by atoms with E-state index in [9.17, 15) is 22.8 Å². The number of carbonyl (C=O) groups excluding carboxylic acids is 3. The first-order chi connectivity index (χ1) is 15.1. The first kappa shape index (κ1) is 24.7. The first-order valence-corrected chi connectivity index (χ1v) is 13.6. The Kier molecular flexibility index (Phi) is 7.67. The lowest BCUT2D eigenvalue weighted by Crippen LogP contribution is -2.48. The van der Waals surface area contributed by atoms with Gasteiger partial charge in [0.25, 0.3) is 0 Å². The zero-order valence-electron chi connectivity index (χ0n) is 19.0. The minimum absolute atomic E-state index is 0.0587. The Morgan fingerprint density at radius 2 is 1.78 bits per heavy atom.